The van der Waals surface area contributed by atoms with Gasteiger partial charge in [0.25, 0.3) is 5.91 Å². The lowest BCUT2D eigenvalue weighted by atomic mass is 10.1. The van der Waals surface area contributed by atoms with Gasteiger partial charge in [-0.1, -0.05) is 18.2 Å². The first-order valence-corrected chi connectivity index (χ1v) is 7.27. The van der Waals surface area contributed by atoms with Gasteiger partial charge in [0.2, 0.25) is 0 Å². The number of hydrogen-bond donors (Lipinski definition) is 1. The molecule has 0 unspecified atom stereocenters. The second kappa shape index (κ2) is 8.01. The molecule has 0 aliphatic heterocycles. The van der Waals surface area contributed by atoms with E-state index in [1.54, 1.807) is 42.5 Å². The van der Waals surface area contributed by atoms with Crippen LogP contribution in [0.1, 0.15) is 26.3 Å². The summed E-state index contributed by atoms with van der Waals surface area (Å²) in [7, 11) is 4.32. The summed E-state index contributed by atoms with van der Waals surface area (Å²) in [6.07, 6.45) is 0. The molecule has 0 atom stereocenters. The fourth-order valence-electron chi connectivity index (χ4n) is 2.22. The highest BCUT2D eigenvalue weighted by Gasteiger charge is 2.17. The molecule has 2 aromatic rings. The first kappa shape index (κ1) is 17.3. The van der Waals surface area contributed by atoms with Gasteiger partial charge in [-0.3, -0.25) is 4.79 Å². The number of rotatable bonds is 6. The van der Waals surface area contributed by atoms with Gasteiger partial charge >= 0.3 is 5.97 Å². The van der Waals surface area contributed by atoms with E-state index < -0.39 is 5.97 Å². The number of ether oxygens (including phenoxy) is 3. The number of carbonyl (C=O) groups excluding carboxylic acids is 2. The highest BCUT2D eigenvalue weighted by atomic mass is 16.5. The zero-order valence-corrected chi connectivity index (χ0v) is 13.8. The van der Waals surface area contributed by atoms with Crippen LogP contribution < -0.4 is 14.8 Å². The van der Waals surface area contributed by atoms with Crippen LogP contribution in [0.2, 0.25) is 0 Å². The molecule has 24 heavy (non-hydrogen) atoms. The SMILES string of the molecule is COC(=O)c1ccc(CNC(=O)c2c(OC)cccc2OC)cc1. The minimum absolute atomic E-state index is 0.304. The van der Waals surface area contributed by atoms with Gasteiger partial charge in [0.05, 0.1) is 26.9 Å². The average Bonchev–Trinajstić information content (AvgIpc) is 2.65. The summed E-state index contributed by atoms with van der Waals surface area (Å²) < 4.78 is 15.1. The van der Waals surface area contributed by atoms with Gasteiger partial charge in [-0.15, -0.1) is 0 Å². The third-order valence-electron chi connectivity index (χ3n) is 3.48. The monoisotopic (exact) mass is 329 g/mol. The topological polar surface area (TPSA) is 73.9 Å². The van der Waals surface area contributed by atoms with E-state index >= 15 is 0 Å². The molecule has 0 heterocycles. The van der Waals surface area contributed by atoms with Crippen LogP contribution >= 0.6 is 0 Å². The van der Waals surface area contributed by atoms with Crippen molar-refractivity contribution in [3.63, 3.8) is 0 Å². The van der Waals surface area contributed by atoms with Crippen LogP contribution in [0, 0.1) is 0 Å². The molecule has 0 spiro atoms. The normalized spacial score (nSPS) is 9.96. The molecule has 0 radical (unpaired) electrons. The van der Waals surface area contributed by atoms with Gasteiger partial charge < -0.3 is 19.5 Å². The zero-order chi connectivity index (χ0) is 17.5. The number of benzene rings is 2. The van der Waals surface area contributed by atoms with Gasteiger partial charge in [0, 0.05) is 6.54 Å². The van der Waals surface area contributed by atoms with Crippen LogP contribution in [0.4, 0.5) is 0 Å². The molecule has 0 aliphatic rings. The molecule has 2 rings (SSSR count). The molecule has 1 N–H and O–H groups in total. The third-order valence-corrected chi connectivity index (χ3v) is 3.48. The van der Waals surface area contributed by atoms with Crippen LogP contribution in [0.3, 0.4) is 0 Å². The lowest BCUT2D eigenvalue weighted by Crippen LogP contribution is -2.24. The fraction of sp³-hybridized carbons (Fsp3) is 0.222. The predicted octanol–water partition coefficient (Wildman–Crippen LogP) is 2.42. The van der Waals surface area contributed by atoms with E-state index in [9.17, 15) is 9.59 Å². The van der Waals surface area contributed by atoms with Crippen molar-refractivity contribution in [3.8, 4) is 11.5 Å². The molecule has 0 aliphatic carbocycles. The molecule has 0 saturated carbocycles. The summed E-state index contributed by atoms with van der Waals surface area (Å²) in [4.78, 5) is 23.9. The van der Waals surface area contributed by atoms with Crippen LogP contribution in [0.5, 0.6) is 11.5 Å². The van der Waals surface area contributed by atoms with E-state index in [1.807, 2.05) is 0 Å². The minimum atomic E-state index is -0.399. The smallest absolute Gasteiger partial charge is 0.337 e. The second-order valence-corrected chi connectivity index (χ2v) is 4.91. The summed E-state index contributed by atoms with van der Waals surface area (Å²) in [5, 5.41) is 2.81. The molecule has 1 amide bonds. The van der Waals surface area contributed by atoms with Gasteiger partial charge in [-0.2, -0.15) is 0 Å². The van der Waals surface area contributed by atoms with Gasteiger partial charge in [-0.05, 0) is 29.8 Å². The van der Waals surface area contributed by atoms with E-state index in [0.29, 0.717) is 29.2 Å². The summed E-state index contributed by atoms with van der Waals surface area (Å²) in [5.74, 6) is 0.173. The van der Waals surface area contributed by atoms with E-state index in [0.717, 1.165) is 5.56 Å². The van der Waals surface area contributed by atoms with Crippen LogP contribution in [-0.4, -0.2) is 33.2 Å². The molecular formula is C18H19NO5. The Labute approximate surface area is 140 Å². The van der Waals surface area contributed by atoms with Crippen molar-refractivity contribution in [3.05, 3.63) is 59.2 Å². The number of methoxy groups -OCH3 is 3. The summed E-state index contributed by atoms with van der Waals surface area (Å²) >= 11 is 0. The Morgan fingerprint density at radius 1 is 0.917 bits per heavy atom. The van der Waals surface area contributed by atoms with Gasteiger partial charge in [-0.25, -0.2) is 4.79 Å². The van der Waals surface area contributed by atoms with Crippen molar-refractivity contribution >= 4 is 11.9 Å². The Hall–Kier alpha value is -3.02. The highest BCUT2D eigenvalue weighted by molar-refractivity contribution is 5.99. The maximum atomic E-state index is 12.5. The molecular weight excluding hydrogens is 310 g/mol. The lowest BCUT2D eigenvalue weighted by molar-refractivity contribution is 0.0600. The molecule has 0 fully saturated rings. The molecule has 0 saturated heterocycles. The molecule has 2 aromatic carbocycles. The molecule has 0 bridgehead atoms. The van der Waals surface area contributed by atoms with Crippen LogP contribution in [0.25, 0.3) is 0 Å². The van der Waals surface area contributed by atoms with E-state index in [1.165, 1.54) is 21.3 Å². The molecule has 6 heteroatoms. The van der Waals surface area contributed by atoms with Crippen molar-refractivity contribution in [2.45, 2.75) is 6.54 Å². The largest absolute Gasteiger partial charge is 0.496 e. The third kappa shape index (κ3) is 3.84. The van der Waals surface area contributed by atoms with E-state index in [4.69, 9.17) is 9.47 Å². The number of carbonyl (C=O) groups is 2. The van der Waals surface area contributed by atoms with Crippen LogP contribution in [-0.2, 0) is 11.3 Å². The molecule has 6 nitrogen and oxygen atoms in total. The summed E-state index contributed by atoms with van der Waals surface area (Å²) in [6, 6.07) is 12.0. The number of esters is 1. The quantitative estimate of drug-likeness (QED) is 0.824. The van der Waals surface area contributed by atoms with Crippen molar-refractivity contribution in [1.29, 1.82) is 0 Å². The van der Waals surface area contributed by atoms with Crippen molar-refractivity contribution in [1.82, 2.24) is 5.32 Å². The highest BCUT2D eigenvalue weighted by Crippen LogP contribution is 2.28. The predicted molar refractivity (Wildman–Crippen MR) is 88.5 cm³/mol. The minimum Gasteiger partial charge on any atom is -0.496 e. The van der Waals surface area contributed by atoms with Crippen molar-refractivity contribution < 1.29 is 23.8 Å². The van der Waals surface area contributed by atoms with E-state index in [-0.39, 0.29) is 5.91 Å². The maximum absolute atomic E-state index is 12.5. The first-order chi connectivity index (χ1) is 11.6. The standard InChI is InChI=1S/C18H19NO5/c1-22-14-5-4-6-15(23-2)16(14)17(20)19-11-12-7-9-13(10-8-12)18(21)24-3/h4-10H,11H2,1-3H3,(H,19,20). The first-order valence-electron chi connectivity index (χ1n) is 7.27. The second-order valence-electron chi connectivity index (χ2n) is 4.91. The van der Waals surface area contributed by atoms with E-state index in [2.05, 4.69) is 10.1 Å². The Bertz CT molecular complexity index is 702. The Kier molecular flexibility index (Phi) is 5.78. The number of nitrogens with one attached hydrogen (secondary N) is 1. The fourth-order valence-corrected chi connectivity index (χ4v) is 2.22. The number of hydrogen-bond acceptors (Lipinski definition) is 5. The molecule has 126 valence electrons. The van der Waals surface area contributed by atoms with Crippen molar-refractivity contribution in [2.75, 3.05) is 21.3 Å². The lowest BCUT2D eigenvalue weighted by Gasteiger charge is -2.13. The molecule has 0 aromatic heterocycles. The average molecular weight is 329 g/mol. The van der Waals surface area contributed by atoms with Crippen molar-refractivity contribution in [2.24, 2.45) is 0 Å². The van der Waals surface area contributed by atoms with Crippen LogP contribution in [0.15, 0.2) is 42.5 Å². The Balaban J connectivity index is 2.10. The number of amides is 1. The van der Waals surface area contributed by atoms with Gasteiger partial charge in [0.15, 0.2) is 0 Å². The Morgan fingerprint density at radius 3 is 2.00 bits per heavy atom. The summed E-state index contributed by atoms with van der Waals surface area (Å²) in [5.41, 5.74) is 1.65. The zero-order valence-electron chi connectivity index (χ0n) is 13.8. The summed E-state index contributed by atoms with van der Waals surface area (Å²) in [6.45, 7) is 0.307. The maximum Gasteiger partial charge on any atom is 0.337 e. The Morgan fingerprint density at radius 2 is 1.50 bits per heavy atom. The van der Waals surface area contributed by atoms with Gasteiger partial charge in [0.1, 0.15) is 17.1 Å².